The Hall–Kier alpha value is -3.58. The number of halogens is 5. The number of carbonyl (C=O) groups excluding carboxylic acids is 1. The van der Waals surface area contributed by atoms with Crippen molar-refractivity contribution < 1.29 is 27.9 Å². The fourth-order valence-corrected chi connectivity index (χ4v) is 5.84. The van der Waals surface area contributed by atoms with Gasteiger partial charge in [-0.2, -0.15) is 5.26 Å². The fourth-order valence-electron chi connectivity index (χ4n) is 5.50. The molecule has 0 radical (unpaired) electrons. The molecule has 3 aromatic rings. The van der Waals surface area contributed by atoms with Gasteiger partial charge in [-0.3, -0.25) is 4.79 Å². The second kappa shape index (κ2) is 13.2. The van der Waals surface area contributed by atoms with Crippen molar-refractivity contribution in [3.05, 3.63) is 98.8 Å². The van der Waals surface area contributed by atoms with Crippen LogP contribution in [0.15, 0.2) is 54.6 Å². The van der Waals surface area contributed by atoms with Crippen LogP contribution in [0, 0.1) is 34.2 Å². The van der Waals surface area contributed by atoms with Crippen molar-refractivity contribution >= 4 is 41.3 Å². The van der Waals surface area contributed by atoms with Gasteiger partial charge >= 0.3 is 5.97 Å². The molecule has 0 saturated carbocycles. The second-order valence-corrected chi connectivity index (χ2v) is 12.1. The summed E-state index contributed by atoms with van der Waals surface area (Å²) in [6, 6.07) is 14.2. The minimum Gasteiger partial charge on any atom is -0.478 e. The standard InChI is InChI=1S/C23H24Cl2F2N2.C8H6FNO3/c1-13-20(15-6-5-7-17(25)21(15)27)23(12-28,19(29-13)11-22(2,3)4)16-9-8-14(24)10-18(16)26;9-7-3-5(10-4-11)1-2-6(7)8(12)13/h5-10,13,19-20,29H,11H2,1-4H3;1-4H,(H,10,11)(H,12,13)/t13-,19?,20?,23-;/m0./s1. The Bertz CT molecular complexity index is 1520. The number of carboxylic acid groups (broad SMARTS) is 1. The number of carbonyl (C=O) groups is 2. The van der Waals surface area contributed by atoms with E-state index in [1.165, 1.54) is 18.2 Å². The number of nitrogens with one attached hydrogen (secondary N) is 2. The highest BCUT2D eigenvalue weighted by Crippen LogP contribution is 2.52. The zero-order valence-electron chi connectivity index (χ0n) is 23.3. The summed E-state index contributed by atoms with van der Waals surface area (Å²) in [6.45, 7) is 8.08. The molecule has 0 bridgehead atoms. The number of hydrogen-bond acceptors (Lipinski definition) is 4. The van der Waals surface area contributed by atoms with Crippen molar-refractivity contribution in [1.29, 1.82) is 5.26 Å². The number of anilines is 1. The zero-order chi connectivity index (χ0) is 31.4. The number of amides is 1. The first-order chi connectivity index (χ1) is 19.7. The van der Waals surface area contributed by atoms with Gasteiger partial charge in [0.15, 0.2) is 0 Å². The largest absolute Gasteiger partial charge is 0.478 e. The molecule has 42 heavy (non-hydrogen) atoms. The molecule has 1 aliphatic heterocycles. The molecule has 1 amide bonds. The Morgan fingerprint density at radius 1 is 1.12 bits per heavy atom. The molecule has 1 fully saturated rings. The molecular weight excluding hydrogens is 590 g/mol. The predicted molar refractivity (Wildman–Crippen MR) is 156 cm³/mol. The van der Waals surface area contributed by atoms with Crippen LogP contribution in [0.1, 0.15) is 61.5 Å². The van der Waals surface area contributed by atoms with Crippen LogP contribution in [0.4, 0.5) is 18.9 Å². The quantitative estimate of drug-likeness (QED) is 0.245. The Labute approximate surface area is 252 Å². The summed E-state index contributed by atoms with van der Waals surface area (Å²) in [5, 5.41) is 24.8. The van der Waals surface area contributed by atoms with E-state index in [1.807, 2.05) is 6.92 Å². The van der Waals surface area contributed by atoms with Crippen molar-refractivity contribution in [2.24, 2.45) is 5.41 Å². The molecular formula is C31H30Cl2F3N3O3. The first kappa shape index (κ1) is 32.9. The van der Waals surface area contributed by atoms with Gasteiger partial charge in [0.25, 0.3) is 0 Å². The highest BCUT2D eigenvalue weighted by Gasteiger charge is 2.58. The molecule has 0 spiro atoms. The van der Waals surface area contributed by atoms with Gasteiger partial charge in [-0.25, -0.2) is 18.0 Å². The third kappa shape index (κ3) is 6.89. The van der Waals surface area contributed by atoms with Crippen molar-refractivity contribution in [3.63, 3.8) is 0 Å². The lowest BCUT2D eigenvalue weighted by Gasteiger charge is -2.37. The summed E-state index contributed by atoms with van der Waals surface area (Å²) in [7, 11) is 0. The van der Waals surface area contributed by atoms with E-state index in [1.54, 1.807) is 24.3 Å². The summed E-state index contributed by atoms with van der Waals surface area (Å²) >= 11 is 12.0. The molecule has 1 saturated heterocycles. The molecule has 0 aromatic heterocycles. The topological polar surface area (TPSA) is 102 Å². The zero-order valence-corrected chi connectivity index (χ0v) is 24.8. The van der Waals surface area contributed by atoms with Crippen LogP contribution in [-0.4, -0.2) is 29.6 Å². The molecule has 6 nitrogen and oxygen atoms in total. The highest BCUT2D eigenvalue weighted by molar-refractivity contribution is 6.31. The van der Waals surface area contributed by atoms with Crippen molar-refractivity contribution in [2.45, 2.75) is 57.5 Å². The summed E-state index contributed by atoms with van der Waals surface area (Å²) in [4.78, 5) is 20.3. The second-order valence-electron chi connectivity index (χ2n) is 11.3. The number of benzene rings is 3. The summed E-state index contributed by atoms with van der Waals surface area (Å²) in [5.74, 6) is -3.98. The van der Waals surface area contributed by atoms with E-state index in [-0.39, 0.29) is 38.8 Å². The minimum atomic E-state index is -1.34. The minimum absolute atomic E-state index is 0.0163. The summed E-state index contributed by atoms with van der Waals surface area (Å²) in [5.41, 5.74) is -1.13. The van der Waals surface area contributed by atoms with Crippen LogP contribution in [0.3, 0.4) is 0 Å². The van der Waals surface area contributed by atoms with E-state index in [9.17, 15) is 19.2 Å². The average Bonchev–Trinajstić information content (AvgIpc) is 3.15. The van der Waals surface area contributed by atoms with Crippen LogP contribution < -0.4 is 10.6 Å². The molecule has 4 atom stereocenters. The van der Waals surface area contributed by atoms with Gasteiger partial charge in [0.05, 0.1) is 16.7 Å². The number of nitriles is 1. The van der Waals surface area contributed by atoms with Crippen molar-refractivity contribution in [2.75, 3.05) is 5.32 Å². The van der Waals surface area contributed by atoms with Gasteiger partial charge in [-0.05, 0) is 60.7 Å². The third-order valence-electron chi connectivity index (χ3n) is 7.12. The molecule has 3 N–H and O–H groups in total. The Morgan fingerprint density at radius 2 is 1.81 bits per heavy atom. The number of nitrogens with zero attached hydrogens (tertiary/aromatic N) is 1. The lowest BCUT2D eigenvalue weighted by molar-refractivity contribution is -0.105. The Balaban J connectivity index is 0.000000312. The third-order valence-corrected chi connectivity index (χ3v) is 7.65. The number of rotatable bonds is 6. The van der Waals surface area contributed by atoms with Crippen LogP contribution in [0.5, 0.6) is 0 Å². The predicted octanol–water partition coefficient (Wildman–Crippen LogP) is 7.71. The van der Waals surface area contributed by atoms with Crippen molar-refractivity contribution in [3.8, 4) is 6.07 Å². The van der Waals surface area contributed by atoms with Gasteiger partial charge in [-0.1, -0.05) is 62.2 Å². The average molecular weight is 620 g/mol. The number of hydrogen-bond donors (Lipinski definition) is 3. The number of carboxylic acids is 1. The van der Waals surface area contributed by atoms with Gasteiger partial charge < -0.3 is 15.7 Å². The molecule has 1 aliphatic rings. The van der Waals surface area contributed by atoms with Crippen LogP contribution >= 0.6 is 23.2 Å². The maximum absolute atomic E-state index is 15.2. The van der Waals surface area contributed by atoms with Crippen LogP contribution in [0.25, 0.3) is 0 Å². The molecule has 11 heteroatoms. The van der Waals surface area contributed by atoms with Gasteiger partial charge in [-0.15, -0.1) is 0 Å². The van der Waals surface area contributed by atoms with Gasteiger partial charge in [0.2, 0.25) is 6.41 Å². The highest BCUT2D eigenvalue weighted by atomic mass is 35.5. The van der Waals surface area contributed by atoms with Crippen LogP contribution in [0.2, 0.25) is 10.0 Å². The van der Waals surface area contributed by atoms with E-state index in [0.717, 1.165) is 12.1 Å². The monoisotopic (exact) mass is 619 g/mol. The van der Waals surface area contributed by atoms with E-state index in [0.29, 0.717) is 18.4 Å². The van der Waals surface area contributed by atoms with E-state index in [4.69, 9.17) is 28.3 Å². The Kier molecular flexibility index (Phi) is 10.3. The lowest BCUT2D eigenvalue weighted by Crippen LogP contribution is -2.44. The van der Waals surface area contributed by atoms with E-state index < -0.39 is 40.3 Å². The van der Waals surface area contributed by atoms with E-state index in [2.05, 4.69) is 37.5 Å². The van der Waals surface area contributed by atoms with Crippen LogP contribution in [-0.2, 0) is 10.2 Å². The molecule has 0 aliphatic carbocycles. The molecule has 1 heterocycles. The lowest BCUT2D eigenvalue weighted by atomic mass is 9.63. The smallest absolute Gasteiger partial charge is 0.338 e. The van der Waals surface area contributed by atoms with Gasteiger partial charge in [0.1, 0.15) is 22.9 Å². The first-order valence-corrected chi connectivity index (χ1v) is 13.7. The first-order valence-electron chi connectivity index (χ1n) is 13.0. The van der Waals surface area contributed by atoms with Gasteiger partial charge in [0, 0.05) is 34.3 Å². The fraction of sp³-hybridized carbons (Fsp3) is 0.323. The SMILES string of the molecule is C[C@@H]1NC(CC(C)(C)C)[C@](C#N)(c2ccc(Cl)cc2F)C1c1cccc(Cl)c1F.O=CNc1ccc(C(=O)O)c(F)c1. The molecule has 2 unspecified atom stereocenters. The molecule has 3 aromatic carbocycles. The maximum atomic E-state index is 15.2. The normalized spacial score (nSPS) is 21.6. The number of aromatic carboxylic acids is 1. The van der Waals surface area contributed by atoms with E-state index >= 15 is 8.78 Å². The maximum Gasteiger partial charge on any atom is 0.338 e. The summed E-state index contributed by atoms with van der Waals surface area (Å²) < 4.78 is 43.1. The Morgan fingerprint density at radius 3 is 2.36 bits per heavy atom. The molecule has 4 rings (SSSR count). The van der Waals surface area contributed by atoms with Crippen molar-refractivity contribution in [1.82, 2.24) is 5.32 Å². The summed E-state index contributed by atoms with van der Waals surface area (Å²) in [6.07, 6.45) is 0.987. The molecule has 222 valence electrons.